The number of nitrogens with two attached hydrogens (primary N) is 1. The predicted molar refractivity (Wildman–Crippen MR) is 69.4 cm³/mol. The number of amides is 1. The molecular formula is C12H14N2O2S. The molecule has 0 aliphatic heterocycles. The quantitative estimate of drug-likeness (QED) is 0.498. The molecule has 0 bridgehead atoms. The minimum absolute atomic E-state index is 0.315. The van der Waals surface area contributed by atoms with Gasteiger partial charge in [-0.15, -0.1) is 11.3 Å². The lowest BCUT2D eigenvalue weighted by molar-refractivity contribution is 0.0955. The molecule has 1 heterocycles. The highest BCUT2D eigenvalue weighted by Gasteiger charge is 2.20. The van der Waals surface area contributed by atoms with E-state index in [4.69, 9.17) is 10.6 Å². The Morgan fingerprint density at radius 2 is 2.29 bits per heavy atom. The molecule has 2 aromatic rings. The standard InChI is InChI=1S/C12H14N2O2S/c1-3-7-5-4-6-8-9(7)10(16-2)11(17-8)12(15)14-13/h4-6H,3,13H2,1-2H3,(H,14,15). The van der Waals surface area contributed by atoms with Crippen LogP contribution in [-0.4, -0.2) is 13.0 Å². The number of ether oxygens (including phenoxy) is 1. The lowest BCUT2D eigenvalue weighted by atomic mass is 10.1. The van der Waals surface area contributed by atoms with Crippen molar-refractivity contribution in [2.45, 2.75) is 13.3 Å². The Hall–Kier alpha value is -1.59. The molecule has 0 radical (unpaired) electrons. The van der Waals surface area contributed by atoms with E-state index in [2.05, 4.69) is 12.3 Å². The number of thiophene rings is 1. The number of benzene rings is 1. The van der Waals surface area contributed by atoms with E-state index < -0.39 is 0 Å². The Labute approximate surface area is 103 Å². The van der Waals surface area contributed by atoms with Crippen molar-refractivity contribution in [3.05, 3.63) is 28.6 Å². The average Bonchev–Trinajstić information content (AvgIpc) is 2.75. The van der Waals surface area contributed by atoms with Gasteiger partial charge in [-0.2, -0.15) is 0 Å². The van der Waals surface area contributed by atoms with Crippen molar-refractivity contribution in [1.29, 1.82) is 0 Å². The van der Waals surface area contributed by atoms with Gasteiger partial charge in [0, 0.05) is 10.1 Å². The van der Waals surface area contributed by atoms with Gasteiger partial charge in [0.15, 0.2) is 5.75 Å². The first-order valence-corrected chi connectivity index (χ1v) is 6.13. The minimum atomic E-state index is -0.315. The first kappa shape index (κ1) is 11.9. The number of nitrogen functional groups attached to an aromatic ring is 1. The average molecular weight is 250 g/mol. The number of hydrogen-bond acceptors (Lipinski definition) is 4. The van der Waals surface area contributed by atoms with Gasteiger partial charge in [0.2, 0.25) is 0 Å². The van der Waals surface area contributed by atoms with E-state index in [0.717, 1.165) is 16.5 Å². The molecule has 1 amide bonds. The van der Waals surface area contributed by atoms with Crippen molar-refractivity contribution in [2.24, 2.45) is 5.84 Å². The fraction of sp³-hybridized carbons (Fsp3) is 0.250. The van der Waals surface area contributed by atoms with E-state index in [1.54, 1.807) is 7.11 Å². The van der Waals surface area contributed by atoms with E-state index in [0.29, 0.717) is 10.6 Å². The second-order valence-corrected chi connectivity index (χ2v) is 4.63. The second kappa shape index (κ2) is 4.73. The highest BCUT2D eigenvalue weighted by atomic mass is 32.1. The summed E-state index contributed by atoms with van der Waals surface area (Å²) < 4.78 is 6.40. The first-order chi connectivity index (χ1) is 8.22. The smallest absolute Gasteiger partial charge is 0.279 e. The number of hydrogen-bond donors (Lipinski definition) is 2. The highest BCUT2D eigenvalue weighted by Crippen LogP contribution is 2.39. The number of fused-ring (bicyclic) bond motifs is 1. The van der Waals surface area contributed by atoms with Crippen molar-refractivity contribution in [3.8, 4) is 5.75 Å². The molecule has 2 rings (SSSR count). The molecule has 0 atom stereocenters. The summed E-state index contributed by atoms with van der Waals surface area (Å²) in [6.07, 6.45) is 0.897. The molecule has 0 aliphatic rings. The third kappa shape index (κ3) is 1.87. The minimum Gasteiger partial charge on any atom is -0.494 e. The van der Waals surface area contributed by atoms with Crippen LogP contribution in [0.15, 0.2) is 18.2 Å². The molecule has 17 heavy (non-hydrogen) atoms. The van der Waals surface area contributed by atoms with Crippen molar-refractivity contribution in [2.75, 3.05) is 7.11 Å². The molecule has 90 valence electrons. The SMILES string of the molecule is CCc1cccc2sc(C(=O)NN)c(OC)c12. The number of aryl methyl sites for hydroxylation is 1. The van der Waals surface area contributed by atoms with Gasteiger partial charge in [-0.1, -0.05) is 19.1 Å². The number of nitrogens with one attached hydrogen (secondary N) is 1. The molecule has 0 saturated heterocycles. The van der Waals surface area contributed by atoms with Crippen LogP contribution in [0.25, 0.3) is 10.1 Å². The lowest BCUT2D eigenvalue weighted by Gasteiger charge is -2.04. The van der Waals surface area contributed by atoms with E-state index >= 15 is 0 Å². The van der Waals surface area contributed by atoms with Crippen molar-refractivity contribution in [3.63, 3.8) is 0 Å². The predicted octanol–water partition coefficient (Wildman–Crippen LogP) is 2.08. The van der Waals surface area contributed by atoms with E-state index in [1.165, 1.54) is 16.9 Å². The molecule has 0 aliphatic carbocycles. The summed E-state index contributed by atoms with van der Waals surface area (Å²) in [6.45, 7) is 2.08. The summed E-state index contributed by atoms with van der Waals surface area (Å²) in [4.78, 5) is 12.2. The summed E-state index contributed by atoms with van der Waals surface area (Å²) in [5.74, 6) is 5.47. The van der Waals surface area contributed by atoms with Crippen LogP contribution in [-0.2, 0) is 6.42 Å². The molecule has 0 spiro atoms. The number of methoxy groups -OCH3 is 1. The van der Waals surface area contributed by atoms with Crippen LogP contribution in [0.1, 0.15) is 22.2 Å². The zero-order valence-electron chi connectivity index (χ0n) is 9.74. The number of hydrazine groups is 1. The summed E-state index contributed by atoms with van der Waals surface area (Å²) >= 11 is 1.39. The van der Waals surface area contributed by atoms with Gasteiger partial charge in [-0.05, 0) is 18.1 Å². The number of carbonyl (C=O) groups excluding carboxylic acids is 1. The molecule has 1 aromatic heterocycles. The Kier molecular flexibility index (Phi) is 3.31. The van der Waals surface area contributed by atoms with Crippen molar-refractivity contribution >= 4 is 27.3 Å². The summed E-state index contributed by atoms with van der Waals surface area (Å²) in [6, 6.07) is 6.01. The van der Waals surface area contributed by atoms with Crippen molar-refractivity contribution in [1.82, 2.24) is 5.43 Å². The van der Waals surface area contributed by atoms with E-state index in [1.807, 2.05) is 18.2 Å². The lowest BCUT2D eigenvalue weighted by Crippen LogP contribution is -2.29. The maximum Gasteiger partial charge on any atom is 0.279 e. The molecular weight excluding hydrogens is 236 g/mol. The van der Waals surface area contributed by atoms with E-state index in [9.17, 15) is 4.79 Å². The van der Waals surface area contributed by atoms with Crippen LogP contribution in [0, 0.1) is 0 Å². The van der Waals surface area contributed by atoms with Crippen LogP contribution >= 0.6 is 11.3 Å². The van der Waals surface area contributed by atoms with Gasteiger partial charge < -0.3 is 4.74 Å². The Morgan fingerprint density at radius 1 is 1.53 bits per heavy atom. The highest BCUT2D eigenvalue weighted by molar-refractivity contribution is 7.21. The molecule has 1 aromatic carbocycles. The zero-order valence-corrected chi connectivity index (χ0v) is 10.6. The van der Waals surface area contributed by atoms with Gasteiger partial charge in [0.1, 0.15) is 4.88 Å². The van der Waals surface area contributed by atoms with Crippen LogP contribution in [0.3, 0.4) is 0 Å². The molecule has 0 unspecified atom stereocenters. The van der Waals surface area contributed by atoms with Gasteiger partial charge in [0.05, 0.1) is 7.11 Å². The molecule has 0 fully saturated rings. The maximum atomic E-state index is 11.7. The largest absolute Gasteiger partial charge is 0.494 e. The number of carbonyl (C=O) groups is 1. The van der Waals surface area contributed by atoms with Crippen LogP contribution in [0.2, 0.25) is 0 Å². The van der Waals surface area contributed by atoms with Gasteiger partial charge in [0.25, 0.3) is 5.91 Å². The fourth-order valence-electron chi connectivity index (χ4n) is 1.89. The van der Waals surface area contributed by atoms with Crippen molar-refractivity contribution < 1.29 is 9.53 Å². The molecule has 0 saturated carbocycles. The summed E-state index contributed by atoms with van der Waals surface area (Å²) in [5, 5.41) is 1.01. The molecule has 3 N–H and O–H groups in total. The normalized spacial score (nSPS) is 10.5. The maximum absolute atomic E-state index is 11.7. The Bertz CT molecular complexity index is 563. The third-order valence-electron chi connectivity index (χ3n) is 2.68. The van der Waals surface area contributed by atoms with E-state index in [-0.39, 0.29) is 5.91 Å². The Balaban J connectivity index is 2.76. The van der Waals surface area contributed by atoms with Gasteiger partial charge in [-0.3, -0.25) is 10.2 Å². The van der Waals surface area contributed by atoms with Gasteiger partial charge >= 0.3 is 0 Å². The fourth-order valence-corrected chi connectivity index (χ4v) is 3.02. The Morgan fingerprint density at radius 3 is 2.88 bits per heavy atom. The first-order valence-electron chi connectivity index (χ1n) is 5.32. The molecule has 5 heteroatoms. The van der Waals surface area contributed by atoms with Crippen LogP contribution in [0.4, 0.5) is 0 Å². The zero-order chi connectivity index (χ0) is 12.4. The monoisotopic (exact) mass is 250 g/mol. The topological polar surface area (TPSA) is 64.4 Å². The molecule has 4 nitrogen and oxygen atoms in total. The second-order valence-electron chi connectivity index (χ2n) is 3.58. The van der Waals surface area contributed by atoms with Gasteiger partial charge in [-0.25, -0.2) is 5.84 Å². The number of rotatable bonds is 3. The van der Waals surface area contributed by atoms with Crippen LogP contribution < -0.4 is 16.0 Å². The summed E-state index contributed by atoms with van der Waals surface area (Å²) in [7, 11) is 1.57. The summed E-state index contributed by atoms with van der Waals surface area (Å²) in [5.41, 5.74) is 3.32. The third-order valence-corrected chi connectivity index (χ3v) is 3.82. The van der Waals surface area contributed by atoms with Crippen LogP contribution in [0.5, 0.6) is 5.75 Å².